The van der Waals surface area contributed by atoms with Crippen molar-refractivity contribution in [3.8, 4) is 67.5 Å². The minimum atomic E-state index is 0.664. The van der Waals surface area contributed by atoms with Gasteiger partial charge >= 0.3 is 0 Å². The highest BCUT2D eigenvalue weighted by molar-refractivity contribution is 6.20. The molecule has 0 radical (unpaired) electrons. The van der Waals surface area contributed by atoms with Crippen molar-refractivity contribution in [2.45, 2.75) is 0 Å². The van der Waals surface area contributed by atoms with Crippen molar-refractivity contribution in [2.24, 2.45) is 0 Å². The zero-order valence-electron chi connectivity index (χ0n) is 30.9. The highest BCUT2D eigenvalue weighted by Crippen LogP contribution is 2.41. The van der Waals surface area contributed by atoms with Gasteiger partial charge in [0.1, 0.15) is 11.3 Å². The first-order chi connectivity index (χ1) is 28.2. The summed E-state index contributed by atoms with van der Waals surface area (Å²) in [6, 6.07) is 72.7. The Bertz CT molecular complexity index is 3240. The van der Waals surface area contributed by atoms with E-state index in [4.69, 9.17) is 14.4 Å². The zero-order chi connectivity index (χ0) is 37.7. The van der Waals surface area contributed by atoms with Crippen LogP contribution in [0.2, 0.25) is 0 Å². The van der Waals surface area contributed by atoms with E-state index in [1.165, 1.54) is 43.4 Å². The maximum absolute atomic E-state index is 6.40. The molecule has 0 atom stereocenters. The van der Waals surface area contributed by atoms with Crippen LogP contribution >= 0.6 is 0 Å². The molecule has 0 saturated heterocycles. The van der Waals surface area contributed by atoms with Gasteiger partial charge in [-0.25, -0.2) is 9.97 Å². The van der Waals surface area contributed by atoms with Crippen LogP contribution in [-0.2, 0) is 0 Å². The van der Waals surface area contributed by atoms with Gasteiger partial charge in [0.2, 0.25) is 0 Å². The summed E-state index contributed by atoms with van der Waals surface area (Å²) in [7, 11) is 0. The molecule has 11 aromatic rings. The lowest BCUT2D eigenvalue weighted by Crippen LogP contribution is -1.97. The lowest BCUT2D eigenvalue weighted by Gasteiger charge is -2.15. The van der Waals surface area contributed by atoms with Gasteiger partial charge < -0.3 is 4.42 Å². The van der Waals surface area contributed by atoms with Gasteiger partial charge in [-0.3, -0.25) is 0 Å². The normalized spacial score (nSPS) is 11.5. The third kappa shape index (κ3) is 5.85. The predicted octanol–water partition coefficient (Wildman–Crippen LogP) is 14.7. The highest BCUT2D eigenvalue weighted by atomic mass is 16.3. The number of furan rings is 1. The minimum absolute atomic E-state index is 0.664. The maximum Gasteiger partial charge on any atom is 0.160 e. The van der Waals surface area contributed by atoms with E-state index in [2.05, 4.69) is 182 Å². The molecule has 3 nitrogen and oxygen atoms in total. The Labute approximate surface area is 330 Å². The van der Waals surface area contributed by atoms with Gasteiger partial charge in [0.05, 0.1) is 11.4 Å². The van der Waals surface area contributed by atoms with Crippen LogP contribution in [0.3, 0.4) is 0 Å². The molecule has 0 bridgehead atoms. The van der Waals surface area contributed by atoms with Gasteiger partial charge in [0.25, 0.3) is 0 Å². The van der Waals surface area contributed by atoms with E-state index in [1.807, 2.05) is 24.3 Å². The quantitative estimate of drug-likeness (QED) is 0.126. The molecule has 0 aliphatic carbocycles. The first-order valence-electron chi connectivity index (χ1n) is 19.3. The fourth-order valence-electron chi connectivity index (χ4n) is 8.28. The molecule has 2 aromatic heterocycles. The summed E-state index contributed by atoms with van der Waals surface area (Å²) < 4.78 is 6.40. The summed E-state index contributed by atoms with van der Waals surface area (Å²) in [5.74, 6) is 1.47. The van der Waals surface area contributed by atoms with Crippen molar-refractivity contribution in [2.75, 3.05) is 0 Å². The molecule has 266 valence electrons. The number of para-hydroxylation sites is 1. The van der Waals surface area contributed by atoms with E-state index in [1.54, 1.807) is 0 Å². The molecule has 0 saturated carbocycles. The van der Waals surface area contributed by atoms with Crippen molar-refractivity contribution in [1.29, 1.82) is 0 Å². The van der Waals surface area contributed by atoms with Crippen molar-refractivity contribution >= 4 is 43.3 Å². The Morgan fingerprint density at radius 1 is 0.316 bits per heavy atom. The second-order valence-electron chi connectivity index (χ2n) is 14.5. The first kappa shape index (κ1) is 32.8. The average molecular weight is 727 g/mol. The molecule has 2 heterocycles. The van der Waals surface area contributed by atoms with E-state index in [-0.39, 0.29) is 0 Å². The summed E-state index contributed by atoms with van der Waals surface area (Å²) in [4.78, 5) is 10.5. The van der Waals surface area contributed by atoms with Gasteiger partial charge in [0, 0.05) is 27.6 Å². The molecule has 0 fully saturated rings. The van der Waals surface area contributed by atoms with Gasteiger partial charge in [0.15, 0.2) is 5.82 Å². The highest BCUT2D eigenvalue weighted by Gasteiger charge is 2.18. The van der Waals surface area contributed by atoms with Crippen LogP contribution in [0.15, 0.2) is 211 Å². The van der Waals surface area contributed by atoms with Crippen LogP contribution in [0.4, 0.5) is 0 Å². The van der Waals surface area contributed by atoms with Crippen LogP contribution in [0, 0.1) is 0 Å². The first-order valence-corrected chi connectivity index (χ1v) is 19.3. The van der Waals surface area contributed by atoms with Crippen molar-refractivity contribution in [3.63, 3.8) is 0 Å². The Morgan fingerprint density at radius 2 is 0.912 bits per heavy atom. The van der Waals surface area contributed by atoms with Crippen LogP contribution in [0.25, 0.3) is 111 Å². The molecule has 0 amide bonds. The summed E-state index contributed by atoms with van der Waals surface area (Å²) in [6.45, 7) is 0. The molecule has 0 N–H and O–H groups in total. The summed E-state index contributed by atoms with van der Waals surface area (Å²) in [5.41, 5.74) is 11.2. The molecular formula is C54H34N2O. The number of aromatic nitrogens is 2. The molecule has 0 aliphatic heterocycles. The molecule has 0 spiro atoms. The van der Waals surface area contributed by atoms with Crippen molar-refractivity contribution in [1.82, 2.24) is 9.97 Å². The topological polar surface area (TPSA) is 38.9 Å². The molecule has 0 unspecified atom stereocenters. The smallest absolute Gasteiger partial charge is 0.160 e. The Morgan fingerprint density at radius 3 is 1.72 bits per heavy atom. The maximum atomic E-state index is 6.40. The number of benzene rings is 9. The standard InChI is InChI=1S/C54H34N2O/c1-2-12-35(13-3-1)36-22-28-40(29-23-36)54-55-49(34-50(56-54)45-19-9-10-20-46(45)52-33-42-16-6-11-21-51(42)57-52)38-24-26-39(27-25-38)53-44-18-8-5-15-41(44)32-48-43-17-7-4-14-37(43)30-31-47(48)53/h1-34H. The molecule has 11 rings (SSSR count). The van der Waals surface area contributed by atoms with Crippen LogP contribution in [-0.4, -0.2) is 9.97 Å². The van der Waals surface area contributed by atoms with E-state index in [0.717, 1.165) is 61.5 Å². The van der Waals surface area contributed by atoms with Gasteiger partial charge in [-0.2, -0.15) is 0 Å². The van der Waals surface area contributed by atoms with Crippen LogP contribution < -0.4 is 0 Å². The van der Waals surface area contributed by atoms with Crippen molar-refractivity contribution in [3.05, 3.63) is 206 Å². The van der Waals surface area contributed by atoms with Crippen LogP contribution in [0.1, 0.15) is 0 Å². The Hall–Kier alpha value is -7.62. The molecule has 0 aliphatic rings. The Balaban J connectivity index is 1.06. The number of hydrogen-bond acceptors (Lipinski definition) is 3. The second-order valence-corrected chi connectivity index (χ2v) is 14.5. The van der Waals surface area contributed by atoms with E-state index in [0.29, 0.717) is 5.82 Å². The predicted molar refractivity (Wildman–Crippen MR) is 237 cm³/mol. The Kier molecular flexibility index (Phi) is 7.82. The number of hydrogen-bond donors (Lipinski definition) is 0. The second kappa shape index (κ2) is 13.6. The zero-order valence-corrected chi connectivity index (χ0v) is 30.9. The lowest BCUT2D eigenvalue weighted by atomic mass is 9.89. The van der Waals surface area contributed by atoms with E-state index >= 15 is 0 Å². The summed E-state index contributed by atoms with van der Waals surface area (Å²) in [5, 5.41) is 8.54. The summed E-state index contributed by atoms with van der Waals surface area (Å²) >= 11 is 0. The van der Waals surface area contributed by atoms with E-state index in [9.17, 15) is 0 Å². The SMILES string of the molecule is c1ccc(-c2ccc(-c3nc(-c4ccc(-c5c6ccccc6cc6c5ccc5ccccc56)cc4)cc(-c4ccccc4-c4cc5ccccc5o4)n3)cc2)cc1. The fraction of sp³-hybridized carbons (Fsp3) is 0. The number of nitrogens with zero attached hydrogens (tertiary/aromatic N) is 2. The third-order valence-corrected chi connectivity index (χ3v) is 11.1. The molecular weight excluding hydrogens is 693 g/mol. The van der Waals surface area contributed by atoms with Crippen LogP contribution in [0.5, 0.6) is 0 Å². The van der Waals surface area contributed by atoms with Gasteiger partial charge in [-0.05, 0) is 78.8 Å². The third-order valence-electron chi connectivity index (χ3n) is 11.1. The molecule has 9 aromatic carbocycles. The lowest BCUT2D eigenvalue weighted by molar-refractivity contribution is 0.632. The number of rotatable bonds is 6. The van der Waals surface area contributed by atoms with E-state index < -0.39 is 0 Å². The summed E-state index contributed by atoms with van der Waals surface area (Å²) in [6.07, 6.45) is 0. The van der Waals surface area contributed by atoms with Gasteiger partial charge in [-0.1, -0.05) is 182 Å². The number of fused-ring (bicyclic) bond motifs is 5. The van der Waals surface area contributed by atoms with Crippen molar-refractivity contribution < 1.29 is 4.42 Å². The molecule has 57 heavy (non-hydrogen) atoms. The fourth-order valence-corrected chi connectivity index (χ4v) is 8.28. The molecule has 3 heteroatoms. The largest absolute Gasteiger partial charge is 0.456 e. The average Bonchev–Trinajstić information content (AvgIpc) is 3.73. The van der Waals surface area contributed by atoms with Gasteiger partial charge in [-0.15, -0.1) is 0 Å². The monoisotopic (exact) mass is 726 g/mol. The minimum Gasteiger partial charge on any atom is -0.456 e.